The molecule has 0 bridgehead atoms. The molecule has 5 rings (SSSR count). The van der Waals surface area contributed by atoms with Gasteiger partial charge in [0.1, 0.15) is 17.5 Å². The maximum absolute atomic E-state index is 13.2. The van der Waals surface area contributed by atoms with Crippen LogP contribution in [0.4, 0.5) is 11.4 Å². The molecule has 8 nitrogen and oxygen atoms in total. The highest BCUT2D eigenvalue weighted by Gasteiger charge is 2.31. The van der Waals surface area contributed by atoms with Gasteiger partial charge in [0.15, 0.2) is 16.8 Å². The minimum absolute atomic E-state index is 0.0958. The van der Waals surface area contributed by atoms with Crippen LogP contribution in [0.25, 0.3) is 10.7 Å². The van der Waals surface area contributed by atoms with Crippen LogP contribution in [0, 0.1) is 11.3 Å². The van der Waals surface area contributed by atoms with Crippen molar-refractivity contribution in [1.29, 1.82) is 5.26 Å². The molecule has 10 heteroatoms. The maximum atomic E-state index is 13.2. The van der Waals surface area contributed by atoms with E-state index >= 15 is 0 Å². The van der Waals surface area contributed by atoms with Gasteiger partial charge >= 0.3 is 0 Å². The first-order chi connectivity index (χ1) is 16.6. The number of thiophene rings is 1. The Morgan fingerprint density at radius 2 is 1.97 bits per heavy atom. The molecule has 0 N–H and O–H groups in total. The number of benzene rings is 1. The van der Waals surface area contributed by atoms with Gasteiger partial charge in [-0.2, -0.15) is 5.26 Å². The van der Waals surface area contributed by atoms with Crippen LogP contribution < -0.4 is 9.80 Å². The zero-order chi connectivity index (χ0) is 23.7. The molecule has 0 amide bonds. The standard InChI is InChI=1S/C24H24N6O2S2/c1-28-18-8-3-4-9-19(18)29(2)23(28)17(13-25)20(31)15-34-24-27-26-22(21-10-6-12-33-21)30(24)14-16-7-5-11-32-16/h3-4,6,8-10,12,16H,5,7,11,14-15H2,1-2H3. The zero-order valence-electron chi connectivity index (χ0n) is 19.0. The number of carbonyl (C=O) groups excluding carboxylic acids is 1. The molecule has 0 spiro atoms. The molecule has 3 aromatic rings. The molecule has 0 radical (unpaired) electrons. The van der Waals surface area contributed by atoms with Crippen molar-refractivity contribution in [3.8, 4) is 16.8 Å². The molecule has 1 saturated heterocycles. The summed E-state index contributed by atoms with van der Waals surface area (Å²) in [4.78, 5) is 18.0. The molecular weight excluding hydrogens is 468 g/mol. The summed E-state index contributed by atoms with van der Waals surface area (Å²) in [7, 11) is 3.75. The Bertz CT molecular complexity index is 1240. The third-order valence-corrected chi connectivity index (χ3v) is 7.89. The molecule has 0 aliphatic carbocycles. The number of ether oxygens (including phenoxy) is 1. The SMILES string of the molecule is CN1C(=C(C#N)C(=O)CSc2nnc(-c3cccs3)n2CC2CCCO2)N(C)c2ccccc21. The number of fused-ring (bicyclic) bond motifs is 1. The van der Waals surface area contributed by atoms with Crippen LogP contribution in [-0.4, -0.2) is 53.1 Å². The number of rotatable bonds is 7. The van der Waals surface area contributed by atoms with Gasteiger partial charge in [0.2, 0.25) is 0 Å². The minimum atomic E-state index is -0.238. The van der Waals surface area contributed by atoms with Crippen LogP contribution in [0.2, 0.25) is 0 Å². The Kier molecular flexibility index (Phi) is 6.41. The number of aromatic nitrogens is 3. The van der Waals surface area contributed by atoms with E-state index in [-0.39, 0.29) is 23.2 Å². The summed E-state index contributed by atoms with van der Waals surface area (Å²) >= 11 is 2.92. The summed E-state index contributed by atoms with van der Waals surface area (Å²) in [6.07, 6.45) is 2.15. The van der Waals surface area contributed by atoms with Gasteiger partial charge in [-0.3, -0.25) is 9.36 Å². The fraction of sp³-hybridized carbons (Fsp3) is 0.333. The van der Waals surface area contributed by atoms with Gasteiger partial charge in [0.25, 0.3) is 0 Å². The van der Waals surface area contributed by atoms with E-state index in [1.807, 2.05) is 70.2 Å². The highest BCUT2D eigenvalue weighted by Crippen LogP contribution is 2.40. The lowest BCUT2D eigenvalue weighted by molar-refractivity contribution is -0.112. The van der Waals surface area contributed by atoms with E-state index in [0.29, 0.717) is 17.5 Å². The van der Waals surface area contributed by atoms with Gasteiger partial charge in [-0.1, -0.05) is 30.0 Å². The maximum Gasteiger partial charge on any atom is 0.192 e. The lowest BCUT2D eigenvalue weighted by atomic mass is 10.2. The number of ketones is 1. The second-order valence-electron chi connectivity index (χ2n) is 8.16. The molecule has 1 unspecified atom stereocenters. The van der Waals surface area contributed by atoms with Gasteiger partial charge < -0.3 is 14.5 Å². The second kappa shape index (κ2) is 9.62. The van der Waals surface area contributed by atoms with Crippen molar-refractivity contribution in [2.45, 2.75) is 30.6 Å². The number of hydrogen-bond donors (Lipinski definition) is 0. The number of carbonyl (C=O) groups is 1. The molecule has 1 aromatic carbocycles. The summed E-state index contributed by atoms with van der Waals surface area (Å²) in [5, 5.41) is 21.4. The number of allylic oxidation sites excluding steroid dienone is 1. The number of Topliss-reactive ketones (excluding diaryl/α,β-unsaturated/α-hetero) is 1. The summed E-state index contributed by atoms with van der Waals surface area (Å²) < 4.78 is 7.89. The molecule has 174 valence electrons. The van der Waals surface area contributed by atoms with Crippen LogP contribution in [-0.2, 0) is 16.1 Å². The summed E-state index contributed by atoms with van der Waals surface area (Å²) in [6.45, 7) is 1.41. The molecule has 1 fully saturated rings. The largest absolute Gasteiger partial charge is 0.376 e. The average molecular weight is 493 g/mol. The topological polar surface area (TPSA) is 87.3 Å². The first kappa shape index (κ1) is 22.7. The lowest BCUT2D eigenvalue weighted by Gasteiger charge is -2.20. The Morgan fingerprint density at radius 3 is 2.59 bits per heavy atom. The third-order valence-electron chi connectivity index (χ3n) is 6.06. The number of thioether (sulfide) groups is 1. The fourth-order valence-electron chi connectivity index (χ4n) is 4.40. The van der Waals surface area contributed by atoms with Gasteiger partial charge in [-0.05, 0) is 36.4 Å². The molecule has 1 atom stereocenters. The van der Waals surface area contributed by atoms with Crippen molar-refractivity contribution in [2.75, 3.05) is 36.3 Å². The predicted molar refractivity (Wildman–Crippen MR) is 134 cm³/mol. The first-order valence-electron chi connectivity index (χ1n) is 11.0. The Labute approximate surface area is 206 Å². The molecule has 2 aromatic heterocycles. The van der Waals surface area contributed by atoms with Gasteiger partial charge in [0, 0.05) is 20.7 Å². The summed E-state index contributed by atoms with van der Waals surface area (Å²) in [6, 6.07) is 14.0. The van der Waals surface area contributed by atoms with E-state index < -0.39 is 0 Å². The third kappa shape index (κ3) is 4.11. The highest BCUT2D eigenvalue weighted by molar-refractivity contribution is 7.99. The van der Waals surface area contributed by atoms with Crippen molar-refractivity contribution < 1.29 is 9.53 Å². The Hall–Kier alpha value is -3.13. The average Bonchev–Trinajstić information content (AvgIpc) is 3.65. The fourth-order valence-corrected chi connectivity index (χ4v) is 5.94. The number of anilines is 2. The second-order valence-corrected chi connectivity index (χ2v) is 10.0. The molecule has 2 aliphatic heterocycles. The summed E-state index contributed by atoms with van der Waals surface area (Å²) in [5.41, 5.74) is 2.06. The monoisotopic (exact) mass is 492 g/mol. The molecule has 34 heavy (non-hydrogen) atoms. The molecule has 0 saturated carbocycles. The van der Waals surface area contributed by atoms with Crippen molar-refractivity contribution in [3.63, 3.8) is 0 Å². The van der Waals surface area contributed by atoms with Crippen LogP contribution in [0.5, 0.6) is 0 Å². The summed E-state index contributed by atoms with van der Waals surface area (Å²) in [5.74, 6) is 1.23. The zero-order valence-corrected chi connectivity index (χ0v) is 20.6. The number of para-hydroxylation sites is 2. The van der Waals surface area contributed by atoms with Crippen molar-refractivity contribution >= 4 is 40.3 Å². The van der Waals surface area contributed by atoms with E-state index in [4.69, 9.17) is 4.74 Å². The number of nitrogens with zero attached hydrogens (tertiary/aromatic N) is 6. The molecule has 2 aliphatic rings. The number of hydrogen-bond acceptors (Lipinski definition) is 9. The molecule has 4 heterocycles. The molecular formula is C24H24N6O2S2. The van der Waals surface area contributed by atoms with Gasteiger partial charge in [-0.15, -0.1) is 21.5 Å². The van der Waals surface area contributed by atoms with Crippen molar-refractivity contribution in [2.24, 2.45) is 0 Å². The van der Waals surface area contributed by atoms with Crippen LogP contribution in [0.3, 0.4) is 0 Å². The minimum Gasteiger partial charge on any atom is -0.376 e. The Morgan fingerprint density at radius 1 is 1.21 bits per heavy atom. The van der Waals surface area contributed by atoms with Crippen molar-refractivity contribution in [3.05, 3.63) is 53.2 Å². The van der Waals surface area contributed by atoms with E-state index in [1.165, 1.54) is 11.8 Å². The van der Waals surface area contributed by atoms with Crippen LogP contribution >= 0.6 is 23.1 Å². The highest BCUT2D eigenvalue weighted by atomic mass is 32.2. The van der Waals surface area contributed by atoms with E-state index in [1.54, 1.807) is 11.3 Å². The van der Waals surface area contributed by atoms with Crippen molar-refractivity contribution in [1.82, 2.24) is 14.8 Å². The van der Waals surface area contributed by atoms with Crippen LogP contribution in [0.15, 0.2) is 58.3 Å². The van der Waals surface area contributed by atoms with Gasteiger partial charge in [0.05, 0.1) is 34.7 Å². The lowest BCUT2D eigenvalue weighted by Crippen LogP contribution is -2.26. The van der Waals surface area contributed by atoms with Crippen LogP contribution in [0.1, 0.15) is 12.8 Å². The Balaban J connectivity index is 1.39. The van der Waals surface area contributed by atoms with E-state index in [2.05, 4.69) is 16.3 Å². The first-order valence-corrected chi connectivity index (χ1v) is 12.9. The van der Waals surface area contributed by atoms with Gasteiger partial charge in [-0.25, -0.2) is 0 Å². The van der Waals surface area contributed by atoms with E-state index in [0.717, 1.165) is 41.5 Å². The predicted octanol–water partition coefficient (Wildman–Crippen LogP) is 4.17. The quantitative estimate of drug-likeness (QED) is 0.276. The van der Waals surface area contributed by atoms with E-state index in [9.17, 15) is 10.1 Å². The number of nitriles is 1. The normalized spacial score (nSPS) is 17.2. The smallest absolute Gasteiger partial charge is 0.192 e.